The molecule has 0 spiro atoms. The van der Waals surface area contributed by atoms with E-state index in [1.165, 1.54) is 27.4 Å². The van der Waals surface area contributed by atoms with E-state index in [1.54, 1.807) is 13.8 Å². The largest absolute Gasteiger partial charge is 0.452 e. The normalized spacial score (nSPS) is 15.9. The Morgan fingerprint density at radius 3 is 2.28 bits per heavy atom. The number of esters is 1. The second kappa shape index (κ2) is 9.20. The first-order valence-corrected chi connectivity index (χ1v) is 12.3. The zero-order valence-electron chi connectivity index (χ0n) is 16.5. The number of amides is 1. The number of hydrogen-bond acceptors (Lipinski definition) is 7. The molecule has 1 aromatic carbocycles. The average molecular weight is 448 g/mol. The minimum atomic E-state index is -3.74. The molecule has 1 aromatic rings. The van der Waals surface area contributed by atoms with Crippen molar-refractivity contribution in [2.45, 2.75) is 18.7 Å². The number of aryl methyl sites for hydroxylation is 1. The summed E-state index contributed by atoms with van der Waals surface area (Å²) in [6.07, 6.45) is 1.11. The van der Waals surface area contributed by atoms with Crippen molar-refractivity contribution in [3.05, 3.63) is 29.3 Å². The molecule has 1 fully saturated rings. The van der Waals surface area contributed by atoms with Crippen LogP contribution in [0, 0.1) is 6.92 Å². The number of sulfonamides is 2. The first-order valence-electron chi connectivity index (χ1n) is 8.96. The molecule has 0 saturated carbocycles. The zero-order valence-corrected chi connectivity index (χ0v) is 18.2. The van der Waals surface area contributed by atoms with Gasteiger partial charge in [-0.05, 0) is 24.6 Å². The van der Waals surface area contributed by atoms with Gasteiger partial charge in [-0.1, -0.05) is 13.0 Å². The molecule has 1 saturated heterocycles. The van der Waals surface area contributed by atoms with Crippen molar-refractivity contribution < 1.29 is 31.2 Å². The van der Waals surface area contributed by atoms with Crippen molar-refractivity contribution in [3.8, 4) is 0 Å². The van der Waals surface area contributed by atoms with Crippen LogP contribution in [0.3, 0.4) is 0 Å². The third-order valence-electron chi connectivity index (χ3n) is 4.46. The van der Waals surface area contributed by atoms with Crippen LogP contribution in [0.25, 0.3) is 0 Å². The van der Waals surface area contributed by atoms with Crippen molar-refractivity contribution >= 4 is 31.9 Å². The second-order valence-electron chi connectivity index (χ2n) is 6.60. The Morgan fingerprint density at radius 1 is 1.10 bits per heavy atom. The summed E-state index contributed by atoms with van der Waals surface area (Å²) in [5, 5.41) is 0. The summed E-state index contributed by atoms with van der Waals surface area (Å²) in [6.45, 7) is 3.74. The Morgan fingerprint density at radius 2 is 1.72 bits per heavy atom. The van der Waals surface area contributed by atoms with E-state index in [0.717, 1.165) is 6.26 Å². The molecule has 1 aliphatic rings. The van der Waals surface area contributed by atoms with Crippen molar-refractivity contribution in [1.29, 1.82) is 0 Å². The maximum atomic E-state index is 12.4. The van der Waals surface area contributed by atoms with E-state index in [-0.39, 0.29) is 43.2 Å². The lowest BCUT2D eigenvalue weighted by Crippen LogP contribution is -2.51. The molecule has 1 heterocycles. The van der Waals surface area contributed by atoms with Gasteiger partial charge in [0.15, 0.2) is 6.61 Å². The SMILES string of the molecule is CCNS(=O)(=O)c1ccc(C)c(C(=O)OCC(=O)N2CCN(S(C)(=O)=O)CC2)c1. The number of carbonyl (C=O) groups is 2. The number of piperazine rings is 1. The highest BCUT2D eigenvalue weighted by Crippen LogP contribution is 2.17. The lowest BCUT2D eigenvalue weighted by atomic mass is 10.1. The fraction of sp³-hybridized carbons (Fsp3) is 0.529. The molecular formula is C17H25N3O7S2. The van der Waals surface area contributed by atoms with Gasteiger partial charge in [-0.2, -0.15) is 4.31 Å². The van der Waals surface area contributed by atoms with Crippen LogP contribution in [0.15, 0.2) is 23.1 Å². The summed E-state index contributed by atoms with van der Waals surface area (Å²) in [7, 11) is -7.04. The summed E-state index contributed by atoms with van der Waals surface area (Å²) in [4.78, 5) is 26.0. The highest BCUT2D eigenvalue weighted by molar-refractivity contribution is 7.89. The van der Waals surface area contributed by atoms with Gasteiger partial charge >= 0.3 is 5.97 Å². The number of nitrogens with zero attached hydrogens (tertiary/aromatic N) is 2. The minimum absolute atomic E-state index is 0.0543. The first kappa shape index (κ1) is 23.3. The van der Waals surface area contributed by atoms with Gasteiger partial charge < -0.3 is 9.64 Å². The van der Waals surface area contributed by atoms with E-state index in [9.17, 15) is 26.4 Å². The standard InChI is InChI=1S/C17H25N3O7S2/c1-4-18-29(25,26)14-6-5-13(2)15(11-14)17(22)27-12-16(21)19-7-9-20(10-8-19)28(3,23)24/h5-6,11,18H,4,7-10,12H2,1-3H3. The number of hydrogen-bond donors (Lipinski definition) is 1. The lowest BCUT2D eigenvalue weighted by molar-refractivity contribution is -0.135. The monoisotopic (exact) mass is 447 g/mol. The van der Waals surface area contributed by atoms with Crippen LogP contribution in [-0.4, -0.2) is 83.5 Å². The van der Waals surface area contributed by atoms with Crippen molar-refractivity contribution in [1.82, 2.24) is 13.9 Å². The molecule has 1 N–H and O–H groups in total. The number of benzene rings is 1. The Balaban J connectivity index is 2.00. The third-order valence-corrected chi connectivity index (χ3v) is 7.31. The molecule has 12 heteroatoms. The Bertz CT molecular complexity index is 982. The number of nitrogens with one attached hydrogen (secondary N) is 1. The smallest absolute Gasteiger partial charge is 0.338 e. The predicted octanol–water partition coefficient (Wildman–Crippen LogP) is -0.446. The molecule has 0 aromatic heterocycles. The molecule has 29 heavy (non-hydrogen) atoms. The topological polar surface area (TPSA) is 130 Å². The first-order chi connectivity index (χ1) is 13.5. The molecule has 0 radical (unpaired) electrons. The number of carbonyl (C=O) groups excluding carboxylic acids is 2. The average Bonchev–Trinajstić information content (AvgIpc) is 2.65. The van der Waals surface area contributed by atoms with Gasteiger partial charge in [-0.3, -0.25) is 4.79 Å². The molecule has 1 aliphatic heterocycles. The molecule has 1 amide bonds. The molecular weight excluding hydrogens is 422 g/mol. The summed E-state index contributed by atoms with van der Waals surface area (Å²) in [6, 6.07) is 4.09. The van der Waals surface area contributed by atoms with Crippen LogP contribution in [0.1, 0.15) is 22.8 Å². The van der Waals surface area contributed by atoms with E-state index in [1.807, 2.05) is 0 Å². The maximum Gasteiger partial charge on any atom is 0.338 e. The fourth-order valence-electron chi connectivity index (χ4n) is 2.83. The lowest BCUT2D eigenvalue weighted by Gasteiger charge is -2.33. The maximum absolute atomic E-state index is 12.4. The molecule has 10 nitrogen and oxygen atoms in total. The van der Waals surface area contributed by atoms with Gasteiger partial charge in [0.2, 0.25) is 20.0 Å². The molecule has 162 valence electrons. The van der Waals surface area contributed by atoms with Crippen molar-refractivity contribution in [2.24, 2.45) is 0 Å². The Labute approximate surface area is 170 Å². The number of ether oxygens (including phenoxy) is 1. The van der Waals surface area contributed by atoms with Crippen LogP contribution in [0.4, 0.5) is 0 Å². The van der Waals surface area contributed by atoms with E-state index in [2.05, 4.69) is 4.72 Å². The highest BCUT2D eigenvalue weighted by Gasteiger charge is 2.27. The van der Waals surface area contributed by atoms with Gasteiger partial charge in [0.25, 0.3) is 5.91 Å². The summed E-state index contributed by atoms with van der Waals surface area (Å²) >= 11 is 0. The quantitative estimate of drug-likeness (QED) is 0.561. The van der Waals surface area contributed by atoms with Gasteiger partial charge in [-0.25, -0.2) is 26.4 Å². The van der Waals surface area contributed by atoms with E-state index < -0.39 is 38.5 Å². The van der Waals surface area contributed by atoms with Crippen molar-refractivity contribution in [2.75, 3.05) is 45.6 Å². The third kappa shape index (κ3) is 5.98. The van der Waals surface area contributed by atoms with Crippen LogP contribution >= 0.6 is 0 Å². The van der Waals surface area contributed by atoms with Gasteiger partial charge in [-0.15, -0.1) is 0 Å². The van der Waals surface area contributed by atoms with E-state index in [0.29, 0.717) is 5.56 Å². The van der Waals surface area contributed by atoms with Gasteiger partial charge in [0, 0.05) is 32.7 Å². The Hall–Kier alpha value is -2.02. The highest BCUT2D eigenvalue weighted by atomic mass is 32.2. The summed E-state index contributed by atoms with van der Waals surface area (Å²) in [5.41, 5.74) is 0.568. The van der Waals surface area contributed by atoms with Gasteiger partial charge in [0.1, 0.15) is 0 Å². The van der Waals surface area contributed by atoms with Crippen LogP contribution in [-0.2, 0) is 29.6 Å². The van der Waals surface area contributed by atoms with Crippen LogP contribution in [0.2, 0.25) is 0 Å². The Kier molecular flexibility index (Phi) is 7.38. The molecule has 0 atom stereocenters. The summed E-state index contributed by atoms with van der Waals surface area (Å²) in [5.74, 6) is -1.25. The number of rotatable bonds is 7. The molecule has 0 bridgehead atoms. The zero-order chi connectivity index (χ0) is 21.8. The van der Waals surface area contributed by atoms with Crippen LogP contribution in [0.5, 0.6) is 0 Å². The predicted molar refractivity (Wildman–Crippen MR) is 105 cm³/mol. The van der Waals surface area contributed by atoms with E-state index in [4.69, 9.17) is 4.74 Å². The molecule has 2 rings (SSSR count). The molecule has 0 aliphatic carbocycles. The minimum Gasteiger partial charge on any atom is -0.452 e. The second-order valence-corrected chi connectivity index (χ2v) is 10.3. The van der Waals surface area contributed by atoms with Gasteiger partial charge in [0.05, 0.1) is 16.7 Å². The van der Waals surface area contributed by atoms with Crippen LogP contribution < -0.4 is 4.72 Å². The summed E-state index contributed by atoms with van der Waals surface area (Å²) < 4.78 is 55.9. The molecule has 0 unspecified atom stereocenters. The fourth-order valence-corrected chi connectivity index (χ4v) is 4.72. The van der Waals surface area contributed by atoms with E-state index >= 15 is 0 Å². The van der Waals surface area contributed by atoms with Crippen molar-refractivity contribution in [3.63, 3.8) is 0 Å².